The summed E-state index contributed by atoms with van der Waals surface area (Å²) in [4.78, 5) is 26.4. The van der Waals surface area contributed by atoms with Crippen LogP contribution in [0, 0.1) is 12.8 Å². The lowest BCUT2D eigenvalue weighted by Crippen LogP contribution is -2.28. The third kappa shape index (κ3) is 3.76. The first-order valence-electron chi connectivity index (χ1n) is 8.05. The molecule has 1 fully saturated rings. The van der Waals surface area contributed by atoms with E-state index in [1.165, 1.54) is 24.3 Å². The zero-order chi connectivity index (χ0) is 18.9. The van der Waals surface area contributed by atoms with Crippen LogP contribution in [-0.4, -0.2) is 26.8 Å². The van der Waals surface area contributed by atoms with Crippen LogP contribution in [0.5, 0.6) is 0 Å². The summed E-state index contributed by atoms with van der Waals surface area (Å²) in [6.45, 7) is 2.23. The summed E-state index contributed by atoms with van der Waals surface area (Å²) in [5.74, 6) is -0.846. The van der Waals surface area contributed by atoms with Crippen molar-refractivity contribution >= 4 is 33.2 Å². The summed E-state index contributed by atoms with van der Waals surface area (Å²) in [7, 11) is -3.78. The van der Waals surface area contributed by atoms with Gasteiger partial charge in [-0.1, -0.05) is 18.2 Å². The molecular formula is C18H19N3O4S. The first-order valence-corrected chi connectivity index (χ1v) is 9.60. The van der Waals surface area contributed by atoms with Gasteiger partial charge >= 0.3 is 0 Å². The number of hydrogen-bond donors (Lipinski definition) is 2. The van der Waals surface area contributed by atoms with Gasteiger partial charge < -0.3 is 10.2 Å². The minimum absolute atomic E-state index is 0.0303. The Labute approximate surface area is 151 Å². The van der Waals surface area contributed by atoms with Gasteiger partial charge in [0.2, 0.25) is 21.8 Å². The SMILES string of the molecule is Cc1ccccc1N1C[C@H](C(=O)Nc2ccc(S(N)(=O)=O)cc2)CC1=O. The Bertz CT molecular complexity index is 955. The van der Waals surface area contributed by atoms with E-state index in [1.807, 2.05) is 31.2 Å². The number of para-hydroxylation sites is 1. The molecule has 2 amide bonds. The fraction of sp³-hybridized carbons (Fsp3) is 0.222. The normalized spacial score (nSPS) is 17.4. The number of primary sulfonamides is 1. The highest BCUT2D eigenvalue weighted by Gasteiger charge is 2.35. The number of sulfonamides is 1. The maximum absolute atomic E-state index is 12.5. The second-order valence-electron chi connectivity index (χ2n) is 6.25. The van der Waals surface area contributed by atoms with Crippen LogP contribution in [0.1, 0.15) is 12.0 Å². The first kappa shape index (κ1) is 18.1. The Kier molecular flexibility index (Phi) is 4.80. The van der Waals surface area contributed by atoms with Crippen LogP contribution in [0.15, 0.2) is 53.4 Å². The molecule has 0 radical (unpaired) electrons. The molecule has 1 aliphatic rings. The van der Waals surface area contributed by atoms with E-state index in [9.17, 15) is 18.0 Å². The molecule has 2 aromatic rings. The number of hydrogen-bond acceptors (Lipinski definition) is 4. The summed E-state index contributed by atoms with van der Waals surface area (Å²) < 4.78 is 22.5. The molecule has 0 bridgehead atoms. The maximum atomic E-state index is 12.5. The molecule has 7 nitrogen and oxygen atoms in total. The van der Waals surface area contributed by atoms with Crippen molar-refractivity contribution in [3.05, 3.63) is 54.1 Å². The lowest BCUT2D eigenvalue weighted by atomic mass is 10.1. The highest BCUT2D eigenvalue weighted by molar-refractivity contribution is 7.89. The van der Waals surface area contributed by atoms with Crippen molar-refractivity contribution in [2.45, 2.75) is 18.2 Å². The Hall–Kier alpha value is -2.71. The summed E-state index contributed by atoms with van der Waals surface area (Å²) in [6.07, 6.45) is 0.134. The molecule has 0 spiro atoms. The Morgan fingerprint density at radius 2 is 1.81 bits per heavy atom. The van der Waals surface area contributed by atoms with Gasteiger partial charge in [0.15, 0.2) is 0 Å². The molecule has 1 heterocycles. The molecule has 1 saturated heterocycles. The molecule has 0 saturated carbocycles. The molecule has 1 atom stereocenters. The molecule has 3 rings (SSSR count). The summed E-state index contributed by atoms with van der Waals surface area (Å²) in [5.41, 5.74) is 2.23. The number of nitrogens with one attached hydrogen (secondary N) is 1. The molecule has 136 valence electrons. The number of carbonyl (C=O) groups is 2. The Balaban J connectivity index is 1.70. The fourth-order valence-electron chi connectivity index (χ4n) is 2.95. The molecule has 1 aliphatic heterocycles. The molecule has 26 heavy (non-hydrogen) atoms. The van der Waals surface area contributed by atoms with Gasteiger partial charge in [0, 0.05) is 24.3 Å². The number of amides is 2. The van der Waals surface area contributed by atoms with Crippen LogP contribution < -0.4 is 15.4 Å². The minimum Gasteiger partial charge on any atom is -0.326 e. The zero-order valence-electron chi connectivity index (χ0n) is 14.2. The number of nitrogens with zero attached hydrogens (tertiary/aromatic N) is 1. The summed E-state index contributed by atoms with van der Waals surface area (Å²) in [6, 6.07) is 13.1. The average molecular weight is 373 g/mol. The van der Waals surface area contributed by atoms with Crippen LogP contribution in [0.3, 0.4) is 0 Å². The first-order chi connectivity index (χ1) is 12.3. The van der Waals surface area contributed by atoms with Gasteiger partial charge in [-0.05, 0) is 42.8 Å². The lowest BCUT2D eigenvalue weighted by molar-refractivity contribution is -0.122. The van der Waals surface area contributed by atoms with E-state index in [0.29, 0.717) is 12.2 Å². The molecule has 3 N–H and O–H groups in total. The van der Waals surface area contributed by atoms with Crippen molar-refractivity contribution in [3.63, 3.8) is 0 Å². The monoisotopic (exact) mass is 373 g/mol. The number of aryl methyl sites for hydroxylation is 1. The number of anilines is 2. The number of benzene rings is 2. The smallest absolute Gasteiger partial charge is 0.238 e. The summed E-state index contributed by atoms with van der Waals surface area (Å²) >= 11 is 0. The number of rotatable bonds is 4. The van der Waals surface area contributed by atoms with Gasteiger partial charge in [-0.25, -0.2) is 13.6 Å². The second-order valence-corrected chi connectivity index (χ2v) is 7.81. The number of carbonyl (C=O) groups excluding carboxylic acids is 2. The van der Waals surface area contributed by atoms with Crippen molar-refractivity contribution in [2.75, 3.05) is 16.8 Å². The number of nitrogens with two attached hydrogens (primary N) is 1. The molecular weight excluding hydrogens is 354 g/mol. The predicted molar refractivity (Wildman–Crippen MR) is 98.1 cm³/mol. The predicted octanol–water partition coefficient (Wildman–Crippen LogP) is 1.63. The van der Waals surface area contributed by atoms with Crippen LogP contribution in [0.2, 0.25) is 0 Å². The van der Waals surface area contributed by atoms with E-state index < -0.39 is 15.9 Å². The molecule has 0 aromatic heterocycles. The van der Waals surface area contributed by atoms with E-state index in [2.05, 4.69) is 5.32 Å². The lowest BCUT2D eigenvalue weighted by Gasteiger charge is -2.19. The van der Waals surface area contributed by atoms with E-state index in [4.69, 9.17) is 5.14 Å². The second kappa shape index (κ2) is 6.89. The van der Waals surface area contributed by atoms with Gasteiger partial charge in [0.05, 0.1) is 10.8 Å². The molecule has 8 heteroatoms. The van der Waals surface area contributed by atoms with Gasteiger partial charge in [-0.2, -0.15) is 0 Å². The van der Waals surface area contributed by atoms with Gasteiger partial charge in [0.25, 0.3) is 0 Å². The standard InChI is InChI=1S/C18H19N3O4S/c1-12-4-2-3-5-16(12)21-11-13(10-17(21)22)18(23)20-14-6-8-15(9-7-14)26(19,24)25/h2-9,13H,10-11H2,1H3,(H,20,23)(H2,19,24,25)/t13-/m1/s1. The van der Waals surface area contributed by atoms with E-state index >= 15 is 0 Å². The van der Waals surface area contributed by atoms with E-state index in [0.717, 1.165) is 11.3 Å². The van der Waals surface area contributed by atoms with E-state index in [-0.39, 0.29) is 23.1 Å². The van der Waals surface area contributed by atoms with Crippen LogP contribution >= 0.6 is 0 Å². The molecule has 0 unspecified atom stereocenters. The minimum atomic E-state index is -3.78. The van der Waals surface area contributed by atoms with Crippen LogP contribution in [0.4, 0.5) is 11.4 Å². The fourth-order valence-corrected chi connectivity index (χ4v) is 3.47. The van der Waals surface area contributed by atoms with Crippen molar-refractivity contribution < 1.29 is 18.0 Å². The summed E-state index contributed by atoms with van der Waals surface area (Å²) in [5, 5.41) is 7.76. The van der Waals surface area contributed by atoms with Crippen molar-refractivity contribution in [1.82, 2.24) is 0 Å². The highest BCUT2D eigenvalue weighted by atomic mass is 32.2. The zero-order valence-corrected chi connectivity index (χ0v) is 15.0. The molecule has 2 aromatic carbocycles. The topological polar surface area (TPSA) is 110 Å². The van der Waals surface area contributed by atoms with Gasteiger partial charge in [-0.3, -0.25) is 9.59 Å². The highest BCUT2D eigenvalue weighted by Crippen LogP contribution is 2.28. The van der Waals surface area contributed by atoms with Gasteiger partial charge in [-0.15, -0.1) is 0 Å². The maximum Gasteiger partial charge on any atom is 0.238 e. The average Bonchev–Trinajstić information content (AvgIpc) is 2.97. The third-order valence-electron chi connectivity index (χ3n) is 4.35. The van der Waals surface area contributed by atoms with Crippen molar-refractivity contribution in [1.29, 1.82) is 0 Å². The quantitative estimate of drug-likeness (QED) is 0.849. The largest absolute Gasteiger partial charge is 0.326 e. The van der Waals surface area contributed by atoms with Crippen LogP contribution in [0.25, 0.3) is 0 Å². The van der Waals surface area contributed by atoms with E-state index in [1.54, 1.807) is 4.90 Å². The molecule has 0 aliphatic carbocycles. The Morgan fingerprint density at radius 3 is 2.42 bits per heavy atom. The third-order valence-corrected chi connectivity index (χ3v) is 5.28. The van der Waals surface area contributed by atoms with Gasteiger partial charge in [0.1, 0.15) is 0 Å². The van der Waals surface area contributed by atoms with Crippen molar-refractivity contribution in [3.8, 4) is 0 Å². The van der Waals surface area contributed by atoms with Crippen molar-refractivity contribution in [2.24, 2.45) is 11.1 Å². The van der Waals surface area contributed by atoms with Crippen LogP contribution in [-0.2, 0) is 19.6 Å². The Morgan fingerprint density at radius 1 is 1.15 bits per heavy atom.